The van der Waals surface area contributed by atoms with Crippen LogP contribution < -0.4 is 5.73 Å². The van der Waals surface area contributed by atoms with Crippen molar-refractivity contribution in [1.82, 2.24) is 13.7 Å². The monoisotopic (exact) mass is 320 g/mol. The third kappa shape index (κ3) is 2.65. The summed E-state index contributed by atoms with van der Waals surface area (Å²) in [7, 11) is -2.36. The Balaban J connectivity index is 2.45. The largest absolute Gasteiger partial charge is 0.395 e. The summed E-state index contributed by atoms with van der Waals surface area (Å²) in [5.41, 5.74) is 5.72. The molecule has 0 saturated heterocycles. The molecule has 0 saturated carbocycles. The number of nitrogen functional groups attached to an aromatic ring is 1. The van der Waals surface area contributed by atoms with Gasteiger partial charge in [-0.2, -0.15) is 4.31 Å². The number of sulfonamides is 1. The maximum Gasteiger partial charge on any atom is 0.263 e. The van der Waals surface area contributed by atoms with E-state index in [0.717, 1.165) is 4.31 Å². The highest BCUT2D eigenvalue weighted by Gasteiger charge is 2.30. The van der Waals surface area contributed by atoms with Gasteiger partial charge in [-0.1, -0.05) is 0 Å². The van der Waals surface area contributed by atoms with Gasteiger partial charge in [-0.15, -0.1) is 11.3 Å². The van der Waals surface area contributed by atoms with Gasteiger partial charge in [0.05, 0.1) is 13.2 Å². The van der Waals surface area contributed by atoms with Crippen LogP contribution in [-0.4, -0.2) is 60.6 Å². The maximum atomic E-state index is 12.6. The lowest BCUT2D eigenvalue weighted by Crippen LogP contribution is -2.37. The van der Waals surface area contributed by atoms with Crippen molar-refractivity contribution in [2.24, 2.45) is 0 Å². The zero-order chi connectivity index (χ0) is 14.8. The lowest BCUT2D eigenvalue weighted by molar-refractivity contribution is 0.168. The summed E-state index contributed by atoms with van der Waals surface area (Å²) in [4.78, 5) is 4.53. The number of ether oxygens (including phenoxy) is 1. The molecule has 20 heavy (non-hydrogen) atoms. The summed E-state index contributed by atoms with van der Waals surface area (Å²) in [5, 5.41) is 10.7. The normalized spacial score (nSPS) is 12.6. The highest BCUT2D eigenvalue weighted by molar-refractivity contribution is 7.89. The van der Waals surface area contributed by atoms with E-state index in [2.05, 4.69) is 4.98 Å². The predicted octanol–water partition coefficient (Wildman–Crippen LogP) is -0.393. The quantitative estimate of drug-likeness (QED) is 0.719. The molecule has 112 valence electrons. The first kappa shape index (κ1) is 15.2. The van der Waals surface area contributed by atoms with E-state index in [1.54, 1.807) is 11.6 Å². The molecule has 0 aliphatic heterocycles. The van der Waals surface area contributed by atoms with E-state index in [1.165, 1.54) is 22.8 Å². The van der Waals surface area contributed by atoms with Crippen LogP contribution in [-0.2, 0) is 14.8 Å². The molecule has 2 aromatic heterocycles. The molecule has 0 unspecified atom stereocenters. The van der Waals surface area contributed by atoms with Gasteiger partial charge >= 0.3 is 0 Å². The Kier molecular flexibility index (Phi) is 4.60. The van der Waals surface area contributed by atoms with Gasteiger partial charge in [-0.25, -0.2) is 13.4 Å². The first-order chi connectivity index (χ1) is 9.52. The molecule has 3 N–H and O–H groups in total. The van der Waals surface area contributed by atoms with Crippen molar-refractivity contribution in [3.05, 3.63) is 11.6 Å². The smallest absolute Gasteiger partial charge is 0.263 e. The Hall–Kier alpha value is -1.20. The summed E-state index contributed by atoms with van der Waals surface area (Å²) >= 11 is 1.30. The summed E-state index contributed by atoms with van der Waals surface area (Å²) < 4.78 is 32.8. The fraction of sp³-hybridized carbons (Fsp3) is 0.500. The molecule has 0 radical (unpaired) electrons. The molecule has 0 aliphatic rings. The fourth-order valence-electron chi connectivity index (χ4n) is 1.82. The van der Waals surface area contributed by atoms with Gasteiger partial charge in [0.2, 0.25) is 0 Å². The number of hydrogen-bond acceptors (Lipinski definition) is 7. The van der Waals surface area contributed by atoms with Crippen molar-refractivity contribution in [3.63, 3.8) is 0 Å². The molecule has 0 atom stereocenters. The van der Waals surface area contributed by atoms with Crippen LogP contribution in [0.4, 0.5) is 5.82 Å². The third-order valence-corrected chi connectivity index (χ3v) is 5.42. The molecule has 2 rings (SSSR count). The molecule has 8 nitrogen and oxygen atoms in total. The minimum atomic E-state index is -3.84. The Bertz CT molecular complexity index is 679. The van der Waals surface area contributed by atoms with Gasteiger partial charge in [0.15, 0.2) is 15.8 Å². The first-order valence-electron chi connectivity index (χ1n) is 5.83. The van der Waals surface area contributed by atoms with E-state index in [9.17, 15) is 8.42 Å². The lowest BCUT2D eigenvalue weighted by Gasteiger charge is -2.20. The van der Waals surface area contributed by atoms with Crippen LogP contribution in [0.1, 0.15) is 0 Å². The van der Waals surface area contributed by atoms with Crippen molar-refractivity contribution in [1.29, 1.82) is 0 Å². The van der Waals surface area contributed by atoms with Crippen molar-refractivity contribution in [3.8, 4) is 0 Å². The number of rotatable bonds is 7. The summed E-state index contributed by atoms with van der Waals surface area (Å²) in [6.45, 7) is 0.0534. The third-order valence-electron chi connectivity index (χ3n) is 2.72. The number of nitrogens with zero attached hydrogens (tertiary/aromatic N) is 3. The van der Waals surface area contributed by atoms with Crippen LogP contribution >= 0.6 is 11.3 Å². The Morgan fingerprint density at radius 2 is 2.30 bits per heavy atom. The van der Waals surface area contributed by atoms with Crippen LogP contribution in [0.25, 0.3) is 4.96 Å². The van der Waals surface area contributed by atoms with Crippen LogP contribution in [0.2, 0.25) is 0 Å². The van der Waals surface area contributed by atoms with Crippen LogP contribution in [0.15, 0.2) is 16.6 Å². The number of nitrogens with two attached hydrogens (primary N) is 1. The number of methoxy groups -OCH3 is 1. The lowest BCUT2D eigenvalue weighted by atomic mass is 10.6. The zero-order valence-electron chi connectivity index (χ0n) is 10.9. The summed E-state index contributed by atoms with van der Waals surface area (Å²) in [6.07, 6.45) is 1.60. The first-order valence-corrected chi connectivity index (χ1v) is 8.15. The number of thiazole rings is 1. The second-order valence-electron chi connectivity index (χ2n) is 3.98. The van der Waals surface area contributed by atoms with E-state index in [-0.39, 0.29) is 37.1 Å². The van der Waals surface area contributed by atoms with Gasteiger partial charge in [0, 0.05) is 31.8 Å². The van der Waals surface area contributed by atoms with Crippen LogP contribution in [0, 0.1) is 0 Å². The topological polar surface area (TPSA) is 110 Å². The summed E-state index contributed by atoms with van der Waals surface area (Å²) in [6, 6.07) is 0. The Morgan fingerprint density at radius 3 is 2.95 bits per heavy atom. The van der Waals surface area contributed by atoms with E-state index >= 15 is 0 Å². The molecule has 0 aromatic carbocycles. The van der Waals surface area contributed by atoms with Gasteiger partial charge in [-0.3, -0.25) is 4.40 Å². The van der Waals surface area contributed by atoms with Gasteiger partial charge < -0.3 is 15.6 Å². The standard InChI is InChI=1S/C10H16N4O4S2/c1-18-6-3-13(2-5-15)20(16,17)9-8(11)12-10-14(9)4-7-19-10/h4,7,15H,2-3,5-6,11H2,1H3. The van der Waals surface area contributed by atoms with Gasteiger partial charge in [0.1, 0.15) is 0 Å². The number of hydrogen-bond donors (Lipinski definition) is 2. The Labute approximate surface area is 120 Å². The number of aliphatic hydroxyl groups excluding tert-OH is 1. The minimum absolute atomic E-state index is 0.0253. The number of anilines is 1. The Morgan fingerprint density at radius 1 is 1.55 bits per heavy atom. The molecule has 0 amide bonds. The van der Waals surface area contributed by atoms with E-state index < -0.39 is 10.0 Å². The molecule has 0 bridgehead atoms. The average Bonchev–Trinajstić information content (AvgIpc) is 2.93. The molecule has 0 aliphatic carbocycles. The SMILES string of the molecule is COCCN(CCO)S(=O)(=O)c1c(N)nc2sccn12. The zero-order valence-corrected chi connectivity index (χ0v) is 12.5. The second-order valence-corrected chi connectivity index (χ2v) is 6.70. The summed E-state index contributed by atoms with van der Waals surface area (Å²) in [5.74, 6) is -0.0443. The molecule has 2 aromatic rings. The van der Waals surface area contributed by atoms with Crippen LogP contribution in [0.3, 0.4) is 0 Å². The van der Waals surface area contributed by atoms with E-state index in [0.29, 0.717) is 4.96 Å². The molecular formula is C10H16N4O4S2. The fourth-order valence-corrected chi connectivity index (χ4v) is 4.18. The number of aliphatic hydroxyl groups is 1. The molecular weight excluding hydrogens is 304 g/mol. The number of imidazole rings is 1. The van der Waals surface area contributed by atoms with E-state index in [1.807, 2.05) is 0 Å². The van der Waals surface area contributed by atoms with Crippen LogP contribution in [0.5, 0.6) is 0 Å². The van der Waals surface area contributed by atoms with Crippen molar-refractivity contribution < 1.29 is 18.3 Å². The van der Waals surface area contributed by atoms with Gasteiger partial charge in [0.25, 0.3) is 10.0 Å². The maximum absolute atomic E-state index is 12.6. The van der Waals surface area contributed by atoms with Crippen molar-refractivity contribution >= 4 is 32.1 Å². The second kappa shape index (κ2) is 6.06. The number of fused-ring (bicyclic) bond motifs is 1. The molecule has 0 spiro atoms. The highest BCUT2D eigenvalue weighted by Crippen LogP contribution is 2.26. The molecule has 2 heterocycles. The molecule has 0 fully saturated rings. The van der Waals surface area contributed by atoms with Crippen molar-refractivity contribution in [2.45, 2.75) is 5.03 Å². The highest BCUT2D eigenvalue weighted by atomic mass is 32.2. The molecule has 10 heteroatoms. The minimum Gasteiger partial charge on any atom is -0.395 e. The predicted molar refractivity (Wildman–Crippen MR) is 75.2 cm³/mol. The average molecular weight is 320 g/mol. The van der Waals surface area contributed by atoms with Crippen molar-refractivity contribution in [2.75, 3.05) is 39.1 Å². The number of aromatic nitrogens is 2. The van der Waals surface area contributed by atoms with E-state index in [4.69, 9.17) is 15.6 Å². The van der Waals surface area contributed by atoms with Gasteiger partial charge in [-0.05, 0) is 0 Å².